The van der Waals surface area contributed by atoms with E-state index in [4.69, 9.17) is 11.5 Å². The van der Waals surface area contributed by atoms with Gasteiger partial charge >= 0.3 is 17.1 Å². The number of nitrogens with two attached hydrogens (primary N) is 2. The first-order valence-electron chi connectivity index (χ1n) is 6.55. The van der Waals surface area contributed by atoms with Crippen LogP contribution in [0.4, 0.5) is 11.6 Å². The summed E-state index contributed by atoms with van der Waals surface area (Å²) in [5.41, 5.74) is 12.4. The zero-order valence-electron chi connectivity index (χ0n) is 12.4. The van der Waals surface area contributed by atoms with Gasteiger partial charge < -0.3 is 21.7 Å². The normalized spacial score (nSPS) is 9.60. The minimum absolute atomic E-state index is 0. The Labute approximate surface area is 151 Å². The number of aromatic nitrogens is 10. The molecule has 25 heavy (non-hydrogen) atoms. The molecular formula is C12H10CuN12. The Hall–Kier alpha value is -3.44. The number of nitrogen functional groups attached to an aromatic ring is 2. The van der Waals surface area contributed by atoms with Crippen molar-refractivity contribution < 1.29 is 17.1 Å². The van der Waals surface area contributed by atoms with Gasteiger partial charge in [-0.05, 0) is 24.3 Å². The van der Waals surface area contributed by atoms with Gasteiger partial charge in [-0.1, -0.05) is 0 Å². The van der Waals surface area contributed by atoms with Gasteiger partial charge in [0.25, 0.3) is 0 Å². The van der Waals surface area contributed by atoms with Gasteiger partial charge in [-0.15, -0.1) is 0 Å². The van der Waals surface area contributed by atoms with Crippen molar-refractivity contribution in [3.8, 4) is 22.8 Å². The predicted molar refractivity (Wildman–Crippen MR) is 81.6 cm³/mol. The average molecular weight is 386 g/mol. The summed E-state index contributed by atoms with van der Waals surface area (Å²) in [4.78, 5) is 7.75. The third-order valence-electron chi connectivity index (χ3n) is 2.80. The summed E-state index contributed by atoms with van der Waals surface area (Å²) in [6.07, 6.45) is 3.20. The van der Waals surface area contributed by atoms with Crippen LogP contribution >= 0.6 is 0 Å². The van der Waals surface area contributed by atoms with Crippen LogP contribution in [0.15, 0.2) is 36.7 Å². The second-order valence-electron chi connectivity index (χ2n) is 4.28. The van der Waals surface area contributed by atoms with E-state index in [1.165, 1.54) is 0 Å². The molecule has 0 aliphatic rings. The molecule has 4 rings (SSSR count). The van der Waals surface area contributed by atoms with Crippen molar-refractivity contribution in [2.45, 2.75) is 0 Å². The standard InChI is InChI=1S/2C6H5N6.Cu/c2*7-5-4(2-1-3-8-5)6-9-11-12-10-6;/h2*1-3H,(H2-,7,8,9,10,11,12);/q2*-1;+2. The zero-order valence-corrected chi connectivity index (χ0v) is 13.3. The van der Waals surface area contributed by atoms with E-state index in [-0.39, 0.29) is 17.1 Å². The predicted octanol–water partition coefficient (Wildman–Crippen LogP) is -1.06. The number of rotatable bonds is 2. The Morgan fingerprint density at radius 1 is 0.720 bits per heavy atom. The molecule has 13 heteroatoms. The topological polar surface area (TPSA) is 183 Å². The summed E-state index contributed by atoms with van der Waals surface area (Å²) in [6.45, 7) is 0. The number of tetrazole rings is 2. The summed E-state index contributed by atoms with van der Waals surface area (Å²) in [6, 6.07) is 7.03. The minimum atomic E-state index is 0. The second-order valence-corrected chi connectivity index (χ2v) is 4.28. The van der Waals surface area contributed by atoms with Crippen LogP contribution in [0.2, 0.25) is 0 Å². The summed E-state index contributed by atoms with van der Waals surface area (Å²) in [7, 11) is 0. The van der Waals surface area contributed by atoms with Gasteiger partial charge in [0, 0.05) is 23.5 Å². The van der Waals surface area contributed by atoms with E-state index >= 15 is 0 Å². The smallest absolute Gasteiger partial charge is 0.383 e. The summed E-state index contributed by atoms with van der Waals surface area (Å²) in [5, 5.41) is 28.0. The number of anilines is 2. The molecule has 1 radical (unpaired) electrons. The molecule has 0 saturated heterocycles. The Balaban J connectivity index is 0.000000173. The third-order valence-corrected chi connectivity index (χ3v) is 2.80. The minimum Gasteiger partial charge on any atom is -0.383 e. The molecule has 0 fully saturated rings. The fourth-order valence-corrected chi connectivity index (χ4v) is 1.72. The SMILES string of the molecule is Nc1ncccc1-c1nn[n-]n1.Nc1ncccc1-c1nn[n-]n1.[Cu+2]. The maximum atomic E-state index is 5.57. The molecular weight excluding hydrogens is 376 g/mol. The van der Waals surface area contributed by atoms with E-state index in [2.05, 4.69) is 51.2 Å². The molecule has 0 aliphatic heterocycles. The summed E-state index contributed by atoms with van der Waals surface area (Å²) >= 11 is 0. The van der Waals surface area contributed by atoms with Crippen molar-refractivity contribution in [2.75, 3.05) is 11.5 Å². The molecule has 0 amide bonds. The Kier molecular flexibility index (Phi) is 6.03. The third kappa shape index (κ3) is 4.30. The van der Waals surface area contributed by atoms with Crippen molar-refractivity contribution in [1.82, 2.24) is 51.2 Å². The summed E-state index contributed by atoms with van der Waals surface area (Å²) < 4.78 is 0. The van der Waals surface area contributed by atoms with Crippen molar-refractivity contribution in [3.63, 3.8) is 0 Å². The van der Waals surface area contributed by atoms with Crippen LogP contribution in [0.3, 0.4) is 0 Å². The number of nitrogens with zero attached hydrogens (tertiary/aromatic N) is 10. The van der Waals surface area contributed by atoms with Crippen molar-refractivity contribution >= 4 is 11.6 Å². The van der Waals surface area contributed by atoms with Gasteiger partial charge in [-0.3, -0.25) is 20.9 Å². The van der Waals surface area contributed by atoms with Gasteiger partial charge in [0.2, 0.25) is 0 Å². The van der Waals surface area contributed by atoms with Crippen LogP contribution in [-0.4, -0.2) is 40.8 Å². The van der Waals surface area contributed by atoms with E-state index in [1.54, 1.807) is 36.7 Å². The Morgan fingerprint density at radius 3 is 1.48 bits per heavy atom. The van der Waals surface area contributed by atoms with Gasteiger partial charge in [0.1, 0.15) is 11.6 Å². The van der Waals surface area contributed by atoms with Crippen molar-refractivity contribution in [1.29, 1.82) is 0 Å². The second kappa shape index (κ2) is 8.42. The van der Waals surface area contributed by atoms with Gasteiger partial charge in [-0.25, -0.2) is 20.2 Å². The van der Waals surface area contributed by atoms with Crippen LogP contribution in [-0.2, 0) is 17.1 Å². The Bertz CT molecular complexity index is 816. The van der Waals surface area contributed by atoms with E-state index in [9.17, 15) is 0 Å². The molecule has 0 aliphatic carbocycles. The first-order chi connectivity index (χ1) is 11.8. The number of pyridine rings is 2. The van der Waals surface area contributed by atoms with Crippen LogP contribution < -0.4 is 21.9 Å². The molecule has 0 bridgehead atoms. The Morgan fingerprint density at radius 2 is 1.16 bits per heavy atom. The first kappa shape index (κ1) is 17.9. The molecule has 4 N–H and O–H groups in total. The molecule has 4 heterocycles. The molecule has 0 saturated carbocycles. The fourth-order valence-electron chi connectivity index (χ4n) is 1.72. The largest absolute Gasteiger partial charge is 2.00 e. The molecule has 0 atom stereocenters. The molecule has 0 aromatic carbocycles. The van der Waals surface area contributed by atoms with Gasteiger partial charge in [-0.2, -0.15) is 0 Å². The van der Waals surface area contributed by atoms with E-state index in [0.29, 0.717) is 34.4 Å². The van der Waals surface area contributed by atoms with Crippen LogP contribution in [0, 0.1) is 0 Å². The molecule has 4 aromatic rings. The van der Waals surface area contributed by atoms with Gasteiger partial charge in [0.05, 0.1) is 11.6 Å². The molecule has 12 nitrogen and oxygen atoms in total. The summed E-state index contributed by atoms with van der Waals surface area (Å²) in [5.74, 6) is 1.57. The maximum absolute atomic E-state index is 5.57. The first-order valence-corrected chi connectivity index (χ1v) is 6.55. The van der Waals surface area contributed by atoms with Crippen molar-refractivity contribution in [2.24, 2.45) is 0 Å². The maximum Gasteiger partial charge on any atom is 2.00 e. The number of hydrogen-bond donors (Lipinski definition) is 2. The van der Waals surface area contributed by atoms with E-state index in [0.717, 1.165) is 0 Å². The molecule has 0 spiro atoms. The monoisotopic (exact) mass is 385 g/mol. The van der Waals surface area contributed by atoms with Crippen LogP contribution in [0.5, 0.6) is 0 Å². The quantitative estimate of drug-likeness (QED) is 0.399. The zero-order chi connectivity index (χ0) is 16.8. The van der Waals surface area contributed by atoms with E-state index < -0.39 is 0 Å². The van der Waals surface area contributed by atoms with Crippen LogP contribution in [0.25, 0.3) is 22.8 Å². The van der Waals surface area contributed by atoms with Crippen LogP contribution in [0.1, 0.15) is 0 Å². The number of hydrogen-bond acceptors (Lipinski definition) is 10. The fraction of sp³-hybridized carbons (Fsp3) is 0. The van der Waals surface area contributed by atoms with E-state index in [1.807, 2.05) is 0 Å². The molecule has 4 aromatic heterocycles. The molecule has 129 valence electrons. The van der Waals surface area contributed by atoms with Gasteiger partial charge in [0.15, 0.2) is 0 Å². The molecule has 0 unspecified atom stereocenters. The van der Waals surface area contributed by atoms with Crippen molar-refractivity contribution in [3.05, 3.63) is 36.7 Å². The average Bonchev–Trinajstić information content (AvgIpc) is 3.30.